The molecule has 1 aliphatic carbocycles. The van der Waals surface area contributed by atoms with Crippen LogP contribution in [0.4, 0.5) is 10.8 Å². The molecular weight excluding hydrogens is 338 g/mol. The minimum Gasteiger partial charge on any atom is -0.482 e. The van der Waals surface area contributed by atoms with E-state index in [0.29, 0.717) is 22.5 Å². The third kappa shape index (κ3) is 3.24. The average Bonchev–Trinajstić information content (AvgIpc) is 2.98. The number of carbonyl (C=O) groups excluding carboxylic acids is 2. The molecule has 2 amide bonds. The van der Waals surface area contributed by atoms with Gasteiger partial charge in [0.1, 0.15) is 12.3 Å². The van der Waals surface area contributed by atoms with Gasteiger partial charge in [-0.1, -0.05) is 19.1 Å². The number of anilines is 2. The Morgan fingerprint density at radius 2 is 2.28 bits per heavy atom. The number of para-hydroxylation sites is 2. The van der Waals surface area contributed by atoms with Crippen LogP contribution in [0.2, 0.25) is 0 Å². The molecule has 0 unspecified atom stereocenters. The van der Waals surface area contributed by atoms with Gasteiger partial charge in [0.15, 0.2) is 11.7 Å². The molecule has 1 aromatic heterocycles. The fourth-order valence-corrected chi connectivity index (χ4v) is 4.41. The normalized spacial score (nSPS) is 19.0. The second-order valence-corrected chi connectivity index (χ2v) is 7.60. The molecule has 1 N–H and O–H groups in total. The fraction of sp³-hybridized carbons (Fsp3) is 0.389. The third-order valence-electron chi connectivity index (χ3n) is 4.54. The predicted molar refractivity (Wildman–Crippen MR) is 96.2 cm³/mol. The van der Waals surface area contributed by atoms with E-state index in [0.717, 1.165) is 25.0 Å². The molecule has 4 rings (SSSR count). The van der Waals surface area contributed by atoms with Crippen LogP contribution in [0.25, 0.3) is 0 Å². The first-order valence-electron chi connectivity index (χ1n) is 8.41. The zero-order valence-corrected chi connectivity index (χ0v) is 14.8. The molecule has 0 fully saturated rings. The highest BCUT2D eigenvalue weighted by molar-refractivity contribution is 7.15. The standard InChI is InChI=1S/C18H19N3O3S/c1-11-6-7-12-15(8-11)25-18(19-12)20-16(22)9-21-13-4-2-3-5-14(13)24-10-17(21)23/h2-5,11H,6-10H2,1H3,(H,19,20,22)/t11-/m1/s1. The van der Waals surface area contributed by atoms with Crippen LogP contribution in [0.15, 0.2) is 24.3 Å². The summed E-state index contributed by atoms with van der Waals surface area (Å²) in [4.78, 5) is 31.8. The monoisotopic (exact) mass is 357 g/mol. The summed E-state index contributed by atoms with van der Waals surface area (Å²) in [7, 11) is 0. The molecule has 6 nitrogen and oxygen atoms in total. The number of rotatable bonds is 3. The van der Waals surface area contributed by atoms with Crippen molar-refractivity contribution in [3.63, 3.8) is 0 Å². The number of benzene rings is 1. The van der Waals surface area contributed by atoms with Gasteiger partial charge in [0, 0.05) is 4.88 Å². The molecule has 0 bridgehead atoms. The summed E-state index contributed by atoms with van der Waals surface area (Å²) in [6.07, 6.45) is 3.14. The second kappa shape index (κ2) is 6.48. The van der Waals surface area contributed by atoms with Gasteiger partial charge >= 0.3 is 0 Å². The maximum atomic E-state index is 12.4. The number of aromatic nitrogens is 1. The van der Waals surface area contributed by atoms with Crippen molar-refractivity contribution in [2.75, 3.05) is 23.4 Å². The van der Waals surface area contributed by atoms with Crippen LogP contribution in [0.3, 0.4) is 0 Å². The lowest BCUT2D eigenvalue weighted by molar-refractivity contribution is -0.123. The van der Waals surface area contributed by atoms with Crippen molar-refractivity contribution in [2.45, 2.75) is 26.2 Å². The zero-order chi connectivity index (χ0) is 17.4. The van der Waals surface area contributed by atoms with Crippen LogP contribution < -0.4 is 15.0 Å². The van der Waals surface area contributed by atoms with Crippen molar-refractivity contribution in [3.05, 3.63) is 34.8 Å². The molecule has 130 valence electrons. The predicted octanol–water partition coefficient (Wildman–Crippen LogP) is 2.63. The van der Waals surface area contributed by atoms with Gasteiger partial charge in [0.05, 0.1) is 11.4 Å². The molecule has 0 radical (unpaired) electrons. The van der Waals surface area contributed by atoms with E-state index < -0.39 is 0 Å². The smallest absolute Gasteiger partial charge is 0.265 e. The Morgan fingerprint density at radius 3 is 3.16 bits per heavy atom. The summed E-state index contributed by atoms with van der Waals surface area (Å²) >= 11 is 1.54. The Bertz CT molecular complexity index is 833. The molecule has 2 heterocycles. The molecule has 2 aliphatic rings. The number of carbonyl (C=O) groups is 2. The van der Waals surface area contributed by atoms with Crippen LogP contribution in [0.5, 0.6) is 5.75 Å². The molecule has 0 saturated heterocycles. The van der Waals surface area contributed by atoms with Crippen molar-refractivity contribution >= 4 is 34.0 Å². The van der Waals surface area contributed by atoms with Gasteiger partial charge < -0.3 is 10.1 Å². The van der Waals surface area contributed by atoms with Gasteiger partial charge in [-0.25, -0.2) is 4.98 Å². The summed E-state index contributed by atoms with van der Waals surface area (Å²) in [6, 6.07) is 7.24. The number of nitrogens with one attached hydrogen (secondary N) is 1. The van der Waals surface area contributed by atoms with E-state index in [-0.39, 0.29) is 25.0 Å². The van der Waals surface area contributed by atoms with Crippen LogP contribution in [0.1, 0.15) is 23.9 Å². The number of aryl methyl sites for hydroxylation is 1. The van der Waals surface area contributed by atoms with Crippen molar-refractivity contribution < 1.29 is 14.3 Å². The number of nitrogens with zero attached hydrogens (tertiary/aromatic N) is 2. The van der Waals surface area contributed by atoms with Gasteiger partial charge in [0.2, 0.25) is 5.91 Å². The van der Waals surface area contributed by atoms with E-state index in [9.17, 15) is 9.59 Å². The Balaban J connectivity index is 1.47. The summed E-state index contributed by atoms with van der Waals surface area (Å²) in [5.41, 5.74) is 1.73. The van der Waals surface area contributed by atoms with Crippen molar-refractivity contribution in [2.24, 2.45) is 5.92 Å². The van der Waals surface area contributed by atoms with Gasteiger partial charge in [-0.3, -0.25) is 14.5 Å². The van der Waals surface area contributed by atoms with E-state index in [1.54, 1.807) is 23.5 Å². The number of amides is 2. The van der Waals surface area contributed by atoms with Crippen LogP contribution >= 0.6 is 11.3 Å². The quantitative estimate of drug-likeness (QED) is 0.917. The minimum atomic E-state index is -0.246. The minimum absolute atomic E-state index is 0.0418. The molecule has 0 spiro atoms. The zero-order valence-electron chi connectivity index (χ0n) is 13.9. The lowest BCUT2D eigenvalue weighted by Gasteiger charge is -2.28. The maximum absolute atomic E-state index is 12.4. The van der Waals surface area contributed by atoms with Crippen molar-refractivity contribution in [1.29, 1.82) is 0 Å². The molecule has 25 heavy (non-hydrogen) atoms. The lowest BCUT2D eigenvalue weighted by atomic mass is 9.93. The summed E-state index contributed by atoms with van der Waals surface area (Å²) in [5, 5.41) is 3.47. The van der Waals surface area contributed by atoms with Gasteiger partial charge in [0.25, 0.3) is 5.91 Å². The number of ether oxygens (including phenoxy) is 1. The molecule has 1 atom stereocenters. The van der Waals surface area contributed by atoms with Crippen LogP contribution in [0, 0.1) is 5.92 Å². The SMILES string of the molecule is C[C@@H]1CCc2nc(NC(=O)CN3C(=O)COc4ccccc43)sc2C1. The Morgan fingerprint density at radius 1 is 1.44 bits per heavy atom. The molecule has 7 heteroatoms. The fourth-order valence-electron chi connectivity index (χ4n) is 3.22. The highest BCUT2D eigenvalue weighted by Gasteiger charge is 2.27. The summed E-state index contributed by atoms with van der Waals surface area (Å²) in [6.45, 7) is 2.15. The van der Waals surface area contributed by atoms with E-state index in [1.165, 1.54) is 9.78 Å². The molecule has 0 saturated carbocycles. The van der Waals surface area contributed by atoms with E-state index >= 15 is 0 Å². The average molecular weight is 357 g/mol. The highest BCUT2D eigenvalue weighted by atomic mass is 32.1. The van der Waals surface area contributed by atoms with E-state index in [4.69, 9.17) is 4.74 Å². The van der Waals surface area contributed by atoms with E-state index in [1.807, 2.05) is 12.1 Å². The van der Waals surface area contributed by atoms with Gasteiger partial charge in [-0.15, -0.1) is 11.3 Å². The second-order valence-electron chi connectivity index (χ2n) is 6.52. The number of fused-ring (bicyclic) bond motifs is 2. The molecule has 1 aliphatic heterocycles. The van der Waals surface area contributed by atoms with Gasteiger partial charge in [-0.2, -0.15) is 0 Å². The first-order chi connectivity index (χ1) is 12.1. The van der Waals surface area contributed by atoms with Crippen LogP contribution in [-0.4, -0.2) is 29.9 Å². The van der Waals surface area contributed by atoms with Crippen molar-refractivity contribution in [1.82, 2.24) is 4.98 Å². The lowest BCUT2D eigenvalue weighted by Crippen LogP contribution is -2.43. The highest BCUT2D eigenvalue weighted by Crippen LogP contribution is 2.33. The number of thiazole rings is 1. The summed E-state index contributed by atoms with van der Waals surface area (Å²) < 4.78 is 5.40. The third-order valence-corrected chi connectivity index (χ3v) is 5.58. The Labute approximate surface area is 149 Å². The molecular formula is C18H19N3O3S. The number of hydrogen-bond donors (Lipinski definition) is 1. The van der Waals surface area contributed by atoms with Crippen molar-refractivity contribution in [3.8, 4) is 5.75 Å². The van der Waals surface area contributed by atoms with Crippen LogP contribution in [-0.2, 0) is 22.4 Å². The first-order valence-corrected chi connectivity index (χ1v) is 9.22. The molecule has 2 aromatic rings. The molecule has 1 aromatic carbocycles. The summed E-state index contributed by atoms with van der Waals surface area (Å²) in [5.74, 6) is 0.817. The Kier molecular flexibility index (Phi) is 4.17. The largest absolute Gasteiger partial charge is 0.482 e. The number of hydrogen-bond acceptors (Lipinski definition) is 5. The van der Waals surface area contributed by atoms with E-state index in [2.05, 4.69) is 17.2 Å². The van der Waals surface area contributed by atoms with Gasteiger partial charge in [-0.05, 0) is 37.3 Å². The maximum Gasteiger partial charge on any atom is 0.265 e. The first kappa shape index (κ1) is 16.1. The Hall–Kier alpha value is -2.41. The topological polar surface area (TPSA) is 71.5 Å².